The molecule has 166 valence electrons. The first-order chi connectivity index (χ1) is 14.6. The summed E-state index contributed by atoms with van der Waals surface area (Å²) < 4.78 is 16.3. The Kier molecular flexibility index (Phi) is 6.38. The predicted octanol–water partition coefficient (Wildman–Crippen LogP) is 3.67. The van der Waals surface area contributed by atoms with E-state index in [0.717, 1.165) is 5.69 Å². The molecule has 2 aromatic rings. The van der Waals surface area contributed by atoms with E-state index in [1.165, 1.54) is 11.1 Å². The van der Waals surface area contributed by atoms with E-state index in [2.05, 4.69) is 15.6 Å². The monoisotopic (exact) mass is 429 g/mol. The fourth-order valence-corrected chi connectivity index (χ4v) is 2.78. The second-order valence-electron chi connectivity index (χ2n) is 8.02. The number of carbonyl (C=O) groups excluding carboxylic acids is 2. The Hall–Kier alpha value is -3.69. The second-order valence-corrected chi connectivity index (χ2v) is 8.02. The molecule has 1 saturated heterocycles. The van der Waals surface area contributed by atoms with E-state index in [1.54, 1.807) is 52.1 Å². The summed E-state index contributed by atoms with van der Waals surface area (Å²) in [6.45, 7) is 5.95. The van der Waals surface area contributed by atoms with Gasteiger partial charge in [-0.1, -0.05) is 0 Å². The van der Waals surface area contributed by atoms with Gasteiger partial charge in [0.1, 0.15) is 29.0 Å². The molecular formula is C21H27N5O5. The molecule has 0 atom stereocenters. The molecule has 0 unspecified atom stereocenters. The SMILES string of the molecule is CNc1ccc(Oc2ccnc(NC(=O)OC3CN(C(=O)OC(C)(C)C)C3)c2)cc1N. The molecular weight excluding hydrogens is 402 g/mol. The first-order valence-electron chi connectivity index (χ1n) is 9.80. The number of nitrogens with zero attached hydrogens (tertiary/aromatic N) is 2. The average Bonchev–Trinajstić information content (AvgIpc) is 2.63. The summed E-state index contributed by atoms with van der Waals surface area (Å²) in [4.78, 5) is 29.6. The smallest absolute Gasteiger partial charge is 0.413 e. The van der Waals surface area contributed by atoms with Gasteiger partial charge in [0.2, 0.25) is 0 Å². The van der Waals surface area contributed by atoms with Gasteiger partial charge in [0.25, 0.3) is 0 Å². The molecule has 1 aliphatic rings. The number of nitrogen functional groups attached to an aromatic ring is 1. The van der Waals surface area contributed by atoms with Crippen molar-refractivity contribution in [1.29, 1.82) is 0 Å². The molecule has 2 heterocycles. The van der Waals surface area contributed by atoms with Crippen molar-refractivity contribution in [2.24, 2.45) is 0 Å². The quantitative estimate of drug-likeness (QED) is 0.614. The summed E-state index contributed by atoms with van der Waals surface area (Å²) in [5.41, 5.74) is 6.73. The maximum Gasteiger partial charge on any atom is 0.413 e. The molecule has 1 aromatic heterocycles. The van der Waals surface area contributed by atoms with Crippen LogP contribution in [-0.4, -0.2) is 53.9 Å². The predicted molar refractivity (Wildman–Crippen MR) is 116 cm³/mol. The number of amides is 2. The van der Waals surface area contributed by atoms with Crippen LogP contribution in [0.1, 0.15) is 20.8 Å². The van der Waals surface area contributed by atoms with Crippen LogP contribution in [0.3, 0.4) is 0 Å². The lowest BCUT2D eigenvalue weighted by Gasteiger charge is -2.38. The number of anilines is 3. The Bertz CT molecular complexity index is 953. The Morgan fingerprint density at radius 3 is 2.52 bits per heavy atom. The molecule has 0 radical (unpaired) electrons. The van der Waals surface area contributed by atoms with Crippen molar-refractivity contribution in [2.45, 2.75) is 32.5 Å². The van der Waals surface area contributed by atoms with E-state index in [0.29, 0.717) is 17.2 Å². The highest BCUT2D eigenvalue weighted by Gasteiger charge is 2.36. The van der Waals surface area contributed by atoms with E-state index >= 15 is 0 Å². The Labute approximate surface area is 180 Å². The number of pyridine rings is 1. The van der Waals surface area contributed by atoms with Crippen LogP contribution in [0.2, 0.25) is 0 Å². The minimum Gasteiger partial charge on any atom is -0.457 e. The van der Waals surface area contributed by atoms with E-state index < -0.39 is 23.9 Å². The number of nitrogens with one attached hydrogen (secondary N) is 2. The number of nitrogens with two attached hydrogens (primary N) is 1. The molecule has 2 amide bonds. The lowest BCUT2D eigenvalue weighted by molar-refractivity contribution is -0.0339. The van der Waals surface area contributed by atoms with Gasteiger partial charge in [0.15, 0.2) is 0 Å². The van der Waals surface area contributed by atoms with Gasteiger partial charge in [-0.25, -0.2) is 14.6 Å². The third-order valence-corrected chi connectivity index (χ3v) is 4.26. The number of likely N-dealkylation sites (tertiary alicyclic amines) is 1. The van der Waals surface area contributed by atoms with Crippen molar-refractivity contribution in [2.75, 3.05) is 36.5 Å². The van der Waals surface area contributed by atoms with Crippen molar-refractivity contribution in [3.63, 3.8) is 0 Å². The Morgan fingerprint density at radius 2 is 1.87 bits per heavy atom. The summed E-state index contributed by atoms with van der Waals surface area (Å²) in [6, 6.07) is 8.50. The van der Waals surface area contributed by atoms with E-state index in [1.807, 2.05) is 6.07 Å². The first-order valence-corrected chi connectivity index (χ1v) is 9.80. The van der Waals surface area contributed by atoms with Crippen molar-refractivity contribution < 1.29 is 23.8 Å². The highest BCUT2D eigenvalue weighted by atomic mass is 16.6. The molecule has 10 heteroatoms. The van der Waals surface area contributed by atoms with Crippen molar-refractivity contribution in [3.8, 4) is 11.5 Å². The molecule has 1 fully saturated rings. The van der Waals surface area contributed by atoms with Crippen molar-refractivity contribution >= 4 is 29.4 Å². The van der Waals surface area contributed by atoms with Crippen LogP contribution in [-0.2, 0) is 9.47 Å². The molecule has 31 heavy (non-hydrogen) atoms. The molecule has 0 bridgehead atoms. The molecule has 1 aliphatic heterocycles. The van der Waals surface area contributed by atoms with Gasteiger partial charge in [-0.2, -0.15) is 0 Å². The number of benzene rings is 1. The van der Waals surface area contributed by atoms with Crippen LogP contribution >= 0.6 is 0 Å². The van der Waals surface area contributed by atoms with Crippen LogP contribution in [0.5, 0.6) is 11.5 Å². The number of carbonyl (C=O) groups is 2. The minimum atomic E-state index is -0.666. The molecule has 1 aromatic carbocycles. The summed E-state index contributed by atoms with van der Waals surface area (Å²) >= 11 is 0. The molecule has 0 aliphatic carbocycles. The van der Waals surface area contributed by atoms with Gasteiger partial charge in [0, 0.05) is 25.4 Å². The molecule has 10 nitrogen and oxygen atoms in total. The molecule has 0 saturated carbocycles. The molecule has 4 N–H and O–H groups in total. The van der Waals surface area contributed by atoms with Crippen LogP contribution in [0.4, 0.5) is 26.8 Å². The van der Waals surface area contributed by atoms with Gasteiger partial charge >= 0.3 is 12.2 Å². The van der Waals surface area contributed by atoms with Crippen LogP contribution in [0.25, 0.3) is 0 Å². The summed E-state index contributed by atoms with van der Waals surface area (Å²) in [5.74, 6) is 1.29. The zero-order chi connectivity index (χ0) is 22.6. The largest absolute Gasteiger partial charge is 0.457 e. The van der Waals surface area contributed by atoms with Crippen LogP contribution in [0, 0.1) is 0 Å². The van der Waals surface area contributed by atoms with Gasteiger partial charge in [-0.3, -0.25) is 5.32 Å². The van der Waals surface area contributed by atoms with Gasteiger partial charge < -0.3 is 30.2 Å². The normalized spacial score (nSPS) is 13.7. The number of ether oxygens (including phenoxy) is 3. The summed E-state index contributed by atoms with van der Waals surface area (Å²) in [5, 5.41) is 5.54. The topological polar surface area (TPSA) is 128 Å². The van der Waals surface area contributed by atoms with Crippen molar-refractivity contribution in [1.82, 2.24) is 9.88 Å². The summed E-state index contributed by atoms with van der Waals surface area (Å²) in [7, 11) is 1.78. The Morgan fingerprint density at radius 1 is 1.16 bits per heavy atom. The number of rotatable bonds is 5. The number of hydrogen-bond donors (Lipinski definition) is 3. The van der Waals surface area contributed by atoms with Crippen LogP contribution < -0.4 is 21.1 Å². The van der Waals surface area contributed by atoms with Crippen molar-refractivity contribution in [3.05, 3.63) is 36.5 Å². The lowest BCUT2D eigenvalue weighted by Crippen LogP contribution is -2.56. The molecule has 0 spiro atoms. The average molecular weight is 429 g/mol. The van der Waals surface area contributed by atoms with Crippen LogP contribution in [0.15, 0.2) is 36.5 Å². The zero-order valence-corrected chi connectivity index (χ0v) is 18.0. The van der Waals surface area contributed by atoms with E-state index in [-0.39, 0.29) is 18.9 Å². The summed E-state index contributed by atoms with van der Waals surface area (Å²) in [6.07, 6.45) is 0.00789. The highest BCUT2D eigenvalue weighted by molar-refractivity contribution is 5.84. The lowest BCUT2D eigenvalue weighted by atomic mass is 10.2. The van der Waals surface area contributed by atoms with Gasteiger partial charge in [-0.15, -0.1) is 0 Å². The Balaban J connectivity index is 1.49. The van der Waals surface area contributed by atoms with E-state index in [9.17, 15) is 9.59 Å². The fourth-order valence-electron chi connectivity index (χ4n) is 2.78. The minimum absolute atomic E-state index is 0.269. The maximum atomic E-state index is 12.1. The number of aromatic nitrogens is 1. The maximum absolute atomic E-state index is 12.1. The molecule has 3 rings (SSSR count). The second kappa shape index (κ2) is 8.99. The third kappa shape index (κ3) is 6.14. The van der Waals surface area contributed by atoms with E-state index in [4.69, 9.17) is 19.9 Å². The van der Waals surface area contributed by atoms with Gasteiger partial charge in [0.05, 0.1) is 24.5 Å². The fraction of sp³-hybridized carbons (Fsp3) is 0.381. The highest BCUT2D eigenvalue weighted by Crippen LogP contribution is 2.28. The third-order valence-electron chi connectivity index (χ3n) is 4.26. The van der Waals surface area contributed by atoms with Gasteiger partial charge in [-0.05, 0) is 39.0 Å². The first kappa shape index (κ1) is 22.0. The zero-order valence-electron chi connectivity index (χ0n) is 18.0. The standard InChI is InChI=1S/C21H27N5O5/c1-21(2,3)31-20(28)26-11-15(12-26)30-19(27)25-18-10-14(7-8-24-18)29-13-5-6-17(23-4)16(22)9-13/h5-10,15,23H,11-12,22H2,1-4H3,(H,24,25,27). The number of hydrogen-bond acceptors (Lipinski definition) is 8.